The van der Waals surface area contributed by atoms with Crippen LogP contribution in [0.25, 0.3) is 0 Å². The molecule has 5 unspecified atom stereocenters. The minimum absolute atomic E-state index is 0.0739. The normalized spacial score (nSPS) is 14.9. The summed E-state index contributed by atoms with van der Waals surface area (Å²) in [6.45, 7) is 2.35. The van der Waals surface area contributed by atoms with E-state index in [-0.39, 0.29) is 19.3 Å². The summed E-state index contributed by atoms with van der Waals surface area (Å²) in [6, 6.07) is 0. The topological polar surface area (TPSA) is 231 Å². The summed E-state index contributed by atoms with van der Waals surface area (Å²) in [7, 11) is -9.83. The maximum Gasteiger partial charge on any atom is 0.472 e. The Morgan fingerprint density at radius 1 is 0.271 bits per heavy atom. The zero-order valence-corrected chi connectivity index (χ0v) is 68.3. The summed E-state index contributed by atoms with van der Waals surface area (Å²) in [5.74, 6) is -1.65. The minimum atomic E-state index is -4.95. The molecule has 0 aliphatic carbocycles. The number of carbonyl (C=O) groups excluding carboxylic acids is 3. The molecule has 0 saturated heterocycles. The van der Waals surface area contributed by atoms with Gasteiger partial charge in [-0.3, -0.25) is 32.5 Å². The standard InChI is InChI=1S/C89H146O16P2/c1-4-7-10-13-16-19-22-25-28-31-34-36-37-38-39-40-41-42-43-44-45-47-50-51-54-57-60-63-66-69-72-75-87(92)99-78-84(90)79-101-106(95,96)102-80-85(91)81-103-107(97,98)104-83-86(105-89(94)77-74-71-68-65-62-59-56-53-48-33-30-27-24-21-18-15-12-9-6-3)82-100-88(93)76-73-70-67-64-61-58-55-52-49-46-35-32-29-26-23-20-17-14-11-8-5-2/h7-8,10-11,16-21,25-30,34-36,38-39,41-42,46,48,52-53,55,61,64,84-86,90-91H,4-6,9,12-15,22-24,31-33,37,40,43-45,47,49-51,54,56-60,62-63,65-83H2,1-3H3,(H,95,96)(H,97,98)/b10-7-,11-8-,19-16-,20-17-,21-18-,28-25-,29-26-,30-27-,36-34-,39-38-,42-41-,46-35-,53-48-,55-52-,64-61-. The van der Waals surface area contributed by atoms with Crippen LogP contribution in [0, 0.1) is 0 Å². The van der Waals surface area contributed by atoms with E-state index < -0.39 is 91.5 Å². The van der Waals surface area contributed by atoms with Gasteiger partial charge in [-0.15, -0.1) is 0 Å². The van der Waals surface area contributed by atoms with Crippen molar-refractivity contribution in [1.29, 1.82) is 0 Å². The lowest BCUT2D eigenvalue weighted by molar-refractivity contribution is -0.161. The van der Waals surface area contributed by atoms with Crippen LogP contribution >= 0.6 is 15.6 Å². The molecule has 0 saturated carbocycles. The Morgan fingerprint density at radius 2 is 0.495 bits per heavy atom. The molecular weight excluding hydrogens is 1390 g/mol. The molecule has 5 atom stereocenters. The largest absolute Gasteiger partial charge is 0.472 e. The van der Waals surface area contributed by atoms with Gasteiger partial charge in [0.05, 0.1) is 26.4 Å². The molecule has 0 fully saturated rings. The van der Waals surface area contributed by atoms with E-state index in [2.05, 4.69) is 203 Å². The van der Waals surface area contributed by atoms with Gasteiger partial charge in [0.2, 0.25) is 0 Å². The number of phosphoric ester groups is 2. The smallest absolute Gasteiger partial charge is 0.463 e. The SMILES string of the molecule is CC/C=C\C/C=C\C/C=C\C/C=C\C/C=C\C/C=C\CCCCCCCCCCCCCCC(=O)OCC(O)COP(=O)(O)OCC(O)COP(=O)(O)OCC(COC(=O)CCCC/C=C\C/C=C\C/C=C\C/C=C\C/C=C\C/C=C\CC)OC(=O)CCCCCCCC/C=C\C/C=C\C/C=C\CCCCC. The molecule has 18 heteroatoms. The Bertz CT molecular complexity index is 2670. The molecule has 4 N–H and O–H groups in total. The summed E-state index contributed by atoms with van der Waals surface area (Å²) in [5.41, 5.74) is 0. The number of unbranched alkanes of at least 4 members (excludes halogenated alkanes) is 23. The first-order valence-corrected chi connectivity index (χ1v) is 44.1. The molecule has 0 heterocycles. The Morgan fingerprint density at radius 3 is 0.804 bits per heavy atom. The second-order valence-corrected chi connectivity index (χ2v) is 29.7. The highest BCUT2D eigenvalue weighted by atomic mass is 31.2. The van der Waals surface area contributed by atoms with Gasteiger partial charge in [0.25, 0.3) is 0 Å². The maximum absolute atomic E-state index is 13.0. The van der Waals surface area contributed by atoms with Crippen molar-refractivity contribution in [3.05, 3.63) is 182 Å². The number of rotatable bonds is 76. The molecule has 608 valence electrons. The van der Waals surface area contributed by atoms with Crippen molar-refractivity contribution in [2.75, 3.05) is 39.6 Å². The lowest BCUT2D eigenvalue weighted by Gasteiger charge is -2.21. The summed E-state index contributed by atoms with van der Waals surface area (Å²) in [5, 5.41) is 20.7. The predicted octanol–water partition coefficient (Wildman–Crippen LogP) is 24.5. The van der Waals surface area contributed by atoms with Gasteiger partial charge in [-0.25, -0.2) is 9.13 Å². The number of ether oxygens (including phenoxy) is 3. The van der Waals surface area contributed by atoms with Crippen LogP contribution in [0.4, 0.5) is 0 Å². The number of aliphatic hydroxyl groups is 2. The van der Waals surface area contributed by atoms with Gasteiger partial charge in [-0.2, -0.15) is 0 Å². The highest BCUT2D eigenvalue weighted by Gasteiger charge is 2.29. The summed E-state index contributed by atoms with van der Waals surface area (Å²) < 4.78 is 61.2. The third-order valence-electron chi connectivity index (χ3n) is 16.6. The van der Waals surface area contributed by atoms with E-state index in [1.165, 1.54) is 70.6 Å². The van der Waals surface area contributed by atoms with E-state index in [1.54, 1.807) is 0 Å². The summed E-state index contributed by atoms with van der Waals surface area (Å²) in [4.78, 5) is 58.7. The zero-order valence-electron chi connectivity index (χ0n) is 66.5. The van der Waals surface area contributed by atoms with Gasteiger partial charge in [-0.05, 0) is 161 Å². The van der Waals surface area contributed by atoms with Gasteiger partial charge in [0, 0.05) is 19.3 Å². The van der Waals surface area contributed by atoms with E-state index >= 15 is 0 Å². The highest BCUT2D eigenvalue weighted by Crippen LogP contribution is 2.45. The number of carbonyl (C=O) groups is 3. The molecule has 0 aromatic heterocycles. The monoisotopic (exact) mass is 1530 g/mol. The molecule has 0 rings (SSSR count). The highest BCUT2D eigenvalue weighted by molar-refractivity contribution is 7.47. The number of aliphatic hydroxyl groups excluding tert-OH is 2. The van der Waals surface area contributed by atoms with Crippen LogP contribution in [0.3, 0.4) is 0 Å². The lowest BCUT2D eigenvalue weighted by Crippen LogP contribution is -2.30. The minimum Gasteiger partial charge on any atom is -0.463 e. The number of phosphoric acid groups is 2. The number of hydrogen-bond acceptors (Lipinski definition) is 14. The average molecular weight is 1530 g/mol. The average Bonchev–Trinajstić information content (AvgIpc) is 0.906. The Labute approximate surface area is 649 Å². The Balaban J connectivity index is 4.62. The van der Waals surface area contributed by atoms with Crippen molar-refractivity contribution >= 4 is 33.6 Å². The third kappa shape index (κ3) is 81.5. The molecule has 0 aliphatic rings. The van der Waals surface area contributed by atoms with Gasteiger partial charge in [0.1, 0.15) is 25.4 Å². The van der Waals surface area contributed by atoms with Gasteiger partial charge in [0.15, 0.2) is 6.10 Å². The van der Waals surface area contributed by atoms with Crippen molar-refractivity contribution in [2.45, 2.75) is 322 Å². The van der Waals surface area contributed by atoms with Gasteiger partial charge >= 0.3 is 33.6 Å². The predicted molar refractivity (Wildman–Crippen MR) is 445 cm³/mol. The van der Waals surface area contributed by atoms with Crippen LogP contribution in [0.2, 0.25) is 0 Å². The molecule has 107 heavy (non-hydrogen) atoms. The zero-order chi connectivity index (χ0) is 78.0. The molecule has 0 aromatic rings. The van der Waals surface area contributed by atoms with Crippen molar-refractivity contribution in [3.8, 4) is 0 Å². The summed E-state index contributed by atoms with van der Waals surface area (Å²) >= 11 is 0. The number of allylic oxidation sites excluding steroid dienone is 30. The van der Waals surface area contributed by atoms with Crippen molar-refractivity contribution in [2.24, 2.45) is 0 Å². The maximum atomic E-state index is 13.0. The Hall–Kier alpha value is -5.35. The van der Waals surface area contributed by atoms with Crippen molar-refractivity contribution < 1.29 is 75.8 Å². The van der Waals surface area contributed by atoms with Gasteiger partial charge < -0.3 is 34.2 Å². The van der Waals surface area contributed by atoms with Crippen molar-refractivity contribution in [1.82, 2.24) is 0 Å². The van der Waals surface area contributed by atoms with Gasteiger partial charge in [-0.1, -0.05) is 306 Å². The van der Waals surface area contributed by atoms with E-state index in [1.807, 2.05) is 0 Å². The first kappa shape index (κ1) is 102. The fourth-order valence-electron chi connectivity index (χ4n) is 10.4. The molecule has 0 spiro atoms. The number of esters is 3. The quantitative estimate of drug-likeness (QED) is 0.0146. The molecule has 0 amide bonds. The van der Waals surface area contributed by atoms with Crippen LogP contribution in [0.5, 0.6) is 0 Å². The van der Waals surface area contributed by atoms with Crippen molar-refractivity contribution in [3.63, 3.8) is 0 Å². The fourth-order valence-corrected chi connectivity index (χ4v) is 12.0. The molecule has 0 aromatic carbocycles. The Kier molecular flexibility index (Phi) is 76.2. The van der Waals surface area contributed by atoms with Crippen LogP contribution in [0.15, 0.2) is 182 Å². The molecular formula is C89H146O16P2. The molecule has 0 aliphatic heterocycles. The fraction of sp³-hybridized carbons (Fsp3) is 0.629. The summed E-state index contributed by atoms with van der Waals surface area (Å²) in [6.07, 6.45) is 104. The van der Waals surface area contributed by atoms with E-state index in [9.17, 15) is 43.5 Å². The van der Waals surface area contributed by atoms with E-state index in [4.69, 9.17) is 32.3 Å². The van der Waals surface area contributed by atoms with E-state index in [0.717, 1.165) is 173 Å². The molecule has 0 bridgehead atoms. The lowest BCUT2D eigenvalue weighted by atomic mass is 10.0. The first-order valence-electron chi connectivity index (χ1n) is 41.1. The number of hydrogen-bond donors (Lipinski definition) is 4. The van der Waals surface area contributed by atoms with Crippen LogP contribution in [0.1, 0.15) is 303 Å². The second-order valence-electron chi connectivity index (χ2n) is 26.8. The second kappa shape index (κ2) is 80.2. The third-order valence-corrected chi connectivity index (χ3v) is 18.5. The van der Waals surface area contributed by atoms with Crippen LogP contribution in [-0.2, 0) is 55.8 Å². The van der Waals surface area contributed by atoms with Crippen LogP contribution in [-0.4, -0.2) is 95.9 Å². The molecule has 0 radical (unpaired) electrons. The first-order chi connectivity index (χ1) is 52.2. The molecule has 16 nitrogen and oxygen atoms in total. The van der Waals surface area contributed by atoms with Crippen LogP contribution < -0.4 is 0 Å². The van der Waals surface area contributed by atoms with E-state index in [0.29, 0.717) is 19.3 Å².